The molecule has 11 heteroatoms. The summed E-state index contributed by atoms with van der Waals surface area (Å²) >= 11 is 0. The Morgan fingerprint density at radius 1 is 0.805 bits per heavy atom. The van der Waals surface area contributed by atoms with E-state index in [4.69, 9.17) is 13.9 Å². The molecule has 3 aromatic carbocycles. The van der Waals surface area contributed by atoms with Gasteiger partial charge in [0.15, 0.2) is 5.78 Å². The average molecular weight is 559 g/mol. The van der Waals surface area contributed by atoms with Gasteiger partial charge in [0.25, 0.3) is 5.91 Å². The van der Waals surface area contributed by atoms with Gasteiger partial charge in [-0.3, -0.25) is 9.59 Å². The minimum atomic E-state index is -1.53. The van der Waals surface area contributed by atoms with Gasteiger partial charge < -0.3 is 34.7 Å². The van der Waals surface area contributed by atoms with Crippen molar-refractivity contribution in [3.8, 4) is 22.6 Å². The Hall–Kier alpha value is -5.58. The van der Waals surface area contributed by atoms with Crippen molar-refractivity contribution in [1.29, 1.82) is 0 Å². The van der Waals surface area contributed by atoms with Crippen molar-refractivity contribution >= 4 is 35.0 Å². The number of nitrogens with one attached hydrogen (secondary N) is 2. The van der Waals surface area contributed by atoms with Gasteiger partial charge in [0, 0.05) is 12.6 Å². The first-order chi connectivity index (χ1) is 19.6. The number of ketones is 1. The predicted molar refractivity (Wildman–Crippen MR) is 149 cm³/mol. The number of Topliss-reactive ketones (excluding diaryl/α,β-unsaturated/α-hetero) is 1. The summed E-state index contributed by atoms with van der Waals surface area (Å²) < 4.78 is 16.6. The van der Waals surface area contributed by atoms with Crippen LogP contribution in [0, 0.1) is 0 Å². The van der Waals surface area contributed by atoms with E-state index in [1.165, 1.54) is 6.26 Å². The molecule has 0 radical (unpaired) electrons. The maximum absolute atomic E-state index is 13.5. The molecule has 0 unspecified atom stereocenters. The smallest absolute Gasteiger partial charge is 0.336 e. The number of anilines is 2. The van der Waals surface area contributed by atoms with Gasteiger partial charge in [0.1, 0.15) is 23.9 Å². The molecule has 41 heavy (non-hydrogen) atoms. The molecule has 0 bridgehead atoms. The standard InChI is InChI=1S/C30H26N2O9/c1-16(33)20-13-21(23(30(37)38)14-22(20)29(35)36)28(34)32-25-12-18(17-6-8-26(39-3)24(11-17)31-2)7-9-27(25)41-15-19-5-4-10-40-19/h4-14,31H,15H2,1-3H3,(H,32,34)(H,35,36)(H,37,38). The van der Waals surface area contributed by atoms with Crippen molar-refractivity contribution in [2.45, 2.75) is 13.5 Å². The van der Waals surface area contributed by atoms with Crippen LogP contribution in [-0.2, 0) is 6.61 Å². The molecule has 4 rings (SSSR count). The lowest BCUT2D eigenvalue weighted by atomic mass is 9.95. The van der Waals surface area contributed by atoms with Crippen LogP contribution in [0.25, 0.3) is 11.1 Å². The Balaban J connectivity index is 1.78. The van der Waals surface area contributed by atoms with Crippen molar-refractivity contribution in [1.82, 2.24) is 0 Å². The number of carbonyl (C=O) groups excluding carboxylic acids is 2. The summed E-state index contributed by atoms with van der Waals surface area (Å²) in [5, 5.41) is 25.0. The average Bonchev–Trinajstić information content (AvgIpc) is 3.49. The molecule has 0 fully saturated rings. The van der Waals surface area contributed by atoms with Crippen LogP contribution in [0.3, 0.4) is 0 Å². The van der Waals surface area contributed by atoms with Gasteiger partial charge in [0.05, 0.1) is 41.4 Å². The van der Waals surface area contributed by atoms with Gasteiger partial charge in [0.2, 0.25) is 0 Å². The summed E-state index contributed by atoms with van der Waals surface area (Å²) in [6, 6.07) is 15.7. The molecular formula is C30H26N2O9. The summed E-state index contributed by atoms with van der Waals surface area (Å²) in [6.07, 6.45) is 1.49. The monoisotopic (exact) mass is 558 g/mol. The van der Waals surface area contributed by atoms with Crippen LogP contribution in [0.4, 0.5) is 11.4 Å². The SMILES string of the molecule is CNc1cc(-c2ccc(OCc3ccco3)c(NC(=O)c3cc(C(C)=O)c(C(=O)O)cc3C(=O)O)c2)ccc1OC. The molecule has 0 spiro atoms. The third-order valence-electron chi connectivity index (χ3n) is 6.22. The van der Waals surface area contributed by atoms with E-state index in [0.717, 1.165) is 30.3 Å². The van der Waals surface area contributed by atoms with Crippen LogP contribution < -0.4 is 20.1 Å². The number of ether oxygens (including phenoxy) is 2. The number of benzene rings is 3. The van der Waals surface area contributed by atoms with Crippen LogP contribution in [0.5, 0.6) is 11.5 Å². The van der Waals surface area contributed by atoms with Crippen molar-refractivity contribution in [3.05, 3.63) is 94.9 Å². The molecule has 1 aromatic heterocycles. The number of carbonyl (C=O) groups is 4. The number of hydrogen-bond acceptors (Lipinski definition) is 8. The fourth-order valence-corrected chi connectivity index (χ4v) is 4.18. The number of methoxy groups -OCH3 is 1. The second kappa shape index (κ2) is 12.1. The molecule has 11 nitrogen and oxygen atoms in total. The lowest BCUT2D eigenvalue weighted by molar-refractivity contribution is 0.0690. The molecule has 4 aromatic rings. The molecule has 1 amide bonds. The molecule has 0 aliphatic rings. The number of aromatic carboxylic acids is 2. The molecule has 4 N–H and O–H groups in total. The van der Waals surface area contributed by atoms with Gasteiger partial charge in [-0.05, 0) is 66.6 Å². The van der Waals surface area contributed by atoms with E-state index in [1.54, 1.807) is 50.6 Å². The Labute approximate surface area is 234 Å². The minimum Gasteiger partial charge on any atom is -0.495 e. The molecule has 1 heterocycles. The summed E-state index contributed by atoms with van der Waals surface area (Å²) in [7, 11) is 3.31. The Morgan fingerprint density at radius 3 is 1.98 bits per heavy atom. The fraction of sp³-hybridized carbons (Fsp3) is 0.133. The lowest BCUT2D eigenvalue weighted by Crippen LogP contribution is -2.20. The van der Waals surface area contributed by atoms with E-state index in [-0.39, 0.29) is 23.6 Å². The van der Waals surface area contributed by atoms with Gasteiger partial charge in [-0.15, -0.1) is 0 Å². The Bertz CT molecular complexity index is 1640. The van der Waals surface area contributed by atoms with E-state index in [0.29, 0.717) is 17.1 Å². The van der Waals surface area contributed by atoms with E-state index in [2.05, 4.69) is 10.6 Å². The highest BCUT2D eigenvalue weighted by Crippen LogP contribution is 2.35. The topological polar surface area (TPSA) is 164 Å². The second-order valence-electron chi connectivity index (χ2n) is 8.81. The second-order valence-corrected chi connectivity index (χ2v) is 8.81. The van der Waals surface area contributed by atoms with Gasteiger partial charge >= 0.3 is 11.9 Å². The lowest BCUT2D eigenvalue weighted by Gasteiger charge is -2.16. The maximum atomic E-state index is 13.5. The third-order valence-corrected chi connectivity index (χ3v) is 6.22. The van der Waals surface area contributed by atoms with Crippen molar-refractivity contribution in [3.63, 3.8) is 0 Å². The number of amides is 1. The first-order valence-electron chi connectivity index (χ1n) is 12.2. The first kappa shape index (κ1) is 28.4. The summed E-state index contributed by atoms with van der Waals surface area (Å²) in [6.45, 7) is 1.17. The number of carboxylic acid groups (broad SMARTS) is 2. The zero-order valence-corrected chi connectivity index (χ0v) is 22.3. The zero-order valence-electron chi connectivity index (χ0n) is 22.3. The van der Waals surface area contributed by atoms with E-state index in [9.17, 15) is 29.4 Å². The minimum absolute atomic E-state index is 0.0455. The molecule has 0 saturated carbocycles. The first-order valence-corrected chi connectivity index (χ1v) is 12.2. The number of furan rings is 1. The molecule has 210 valence electrons. The normalized spacial score (nSPS) is 10.5. The van der Waals surface area contributed by atoms with Gasteiger partial charge in [-0.25, -0.2) is 9.59 Å². The molecule has 0 saturated heterocycles. The molecule has 0 aliphatic carbocycles. The summed E-state index contributed by atoms with van der Waals surface area (Å²) in [5.41, 5.74) is 0.612. The highest BCUT2D eigenvalue weighted by atomic mass is 16.5. The van der Waals surface area contributed by atoms with Gasteiger partial charge in [-0.1, -0.05) is 12.1 Å². The predicted octanol–water partition coefficient (Wildman–Crippen LogP) is 5.43. The number of hydrogen-bond donors (Lipinski definition) is 4. The van der Waals surface area contributed by atoms with Crippen LogP contribution in [0.2, 0.25) is 0 Å². The highest BCUT2D eigenvalue weighted by Gasteiger charge is 2.25. The quantitative estimate of drug-likeness (QED) is 0.175. The largest absolute Gasteiger partial charge is 0.495 e. The van der Waals surface area contributed by atoms with E-state index >= 15 is 0 Å². The fourth-order valence-electron chi connectivity index (χ4n) is 4.18. The van der Waals surface area contributed by atoms with Crippen LogP contribution in [0.15, 0.2) is 71.3 Å². The van der Waals surface area contributed by atoms with Crippen molar-refractivity contribution in [2.75, 3.05) is 24.8 Å². The third kappa shape index (κ3) is 6.19. The van der Waals surface area contributed by atoms with Crippen LogP contribution in [-0.4, -0.2) is 48.0 Å². The summed E-state index contributed by atoms with van der Waals surface area (Å²) in [4.78, 5) is 49.3. The Morgan fingerprint density at radius 2 is 1.41 bits per heavy atom. The van der Waals surface area contributed by atoms with Crippen molar-refractivity contribution in [2.24, 2.45) is 0 Å². The van der Waals surface area contributed by atoms with Crippen LogP contribution in [0.1, 0.15) is 54.1 Å². The highest BCUT2D eigenvalue weighted by molar-refractivity contribution is 6.15. The molecule has 0 atom stereocenters. The Kier molecular flexibility index (Phi) is 8.37. The van der Waals surface area contributed by atoms with Crippen molar-refractivity contribution < 1.29 is 43.3 Å². The summed E-state index contributed by atoms with van der Waals surface area (Å²) in [5.74, 6) is -3.13. The maximum Gasteiger partial charge on any atom is 0.336 e. The molecular weight excluding hydrogens is 532 g/mol. The van der Waals surface area contributed by atoms with Crippen LogP contribution >= 0.6 is 0 Å². The van der Waals surface area contributed by atoms with E-state index < -0.39 is 40.3 Å². The van der Waals surface area contributed by atoms with Gasteiger partial charge in [-0.2, -0.15) is 0 Å². The number of carboxylic acids is 2. The molecule has 0 aliphatic heterocycles. The number of rotatable bonds is 11. The van der Waals surface area contributed by atoms with E-state index in [1.807, 2.05) is 12.1 Å². The zero-order chi connectivity index (χ0) is 29.7.